The van der Waals surface area contributed by atoms with Crippen molar-refractivity contribution >= 4 is 21.9 Å². The Hall–Kier alpha value is -1.95. The third-order valence-corrected chi connectivity index (χ3v) is 2.82. The van der Waals surface area contributed by atoms with Gasteiger partial charge in [-0.25, -0.2) is 14.8 Å². The summed E-state index contributed by atoms with van der Waals surface area (Å²) in [7, 11) is 1.55. The fourth-order valence-corrected chi connectivity index (χ4v) is 1.86. The molecule has 0 atom stereocenters. The fourth-order valence-electron chi connectivity index (χ4n) is 1.50. The summed E-state index contributed by atoms with van der Waals surface area (Å²) in [5.41, 5.74) is 1.15. The van der Waals surface area contributed by atoms with E-state index < -0.39 is 5.97 Å². The van der Waals surface area contributed by atoms with Crippen LogP contribution in [0, 0.1) is 0 Å². The Morgan fingerprint density at radius 1 is 1.33 bits per heavy atom. The number of aromatic nitrogens is 2. The van der Waals surface area contributed by atoms with Gasteiger partial charge in [0.2, 0.25) is 0 Å². The third kappa shape index (κ3) is 2.48. The first-order valence-electron chi connectivity index (χ1n) is 5.01. The van der Waals surface area contributed by atoms with Crippen molar-refractivity contribution in [1.82, 2.24) is 9.97 Å². The molecule has 0 saturated heterocycles. The monoisotopic (exact) mass is 308 g/mol. The quantitative estimate of drug-likeness (QED) is 0.943. The third-order valence-electron chi connectivity index (χ3n) is 2.32. The molecule has 1 aromatic carbocycles. The first-order valence-corrected chi connectivity index (χ1v) is 5.80. The molecule has 0 unspecified atom stereocenters. The highest BCUT2D eigenvalue weighted by Gasteiger charge is 2.11. The van der Waals surface area contributed by atoms with E-state index in [2.05, 4.69) is 25.9 Å². The second kappa shape index (κ2) is 5.14. The number of carbonyl (C=O) groups is 1. The lowest BCUT2D eigenvalue weighted by molar-refractivity contribution is 0.0690. The number of hydrogen-bond acceptors (Lipinski definition) is 4. The van der Waals surface area contributed by atoms with Crippen LogP contribution < -0.4 is 4.74 Å². The molecule has 1 aromatic heterocycles. The summed E-state index contributed by atoms with van der Waals surface area (Å²) in [6, 6.07) is 6.84. The lowest BCUT2D eigenvalue weighted by atomic mass is 10.1. The van der Waals surface area contributed by atoms with Gasteiger partial charge in [0.1, 0.15) is 12.1 Å². The molecule has 0 fully saturated rings. The predicted octanol–water partition coefficient (Wildman–Crippen LogP) is 2.61. The fraction of sp³-hybridized carbons (Fsp3) is 0.0833. The van der Waals surface area contributed by atoms with E-state index in [-0.39, 0.29) is 5.69 Å². The van der Waals surface area contributed by atoms with Gasteiger partial charge in [-0.3, -0.25) is 0 Å². The van der Waals surface area contributed by atoms with Crippen molar-refractivity contribution in [3.05, 3.63) is 40.8 Å². The molecule has 0 amide bonds. The molecule has 2 aromatic rings. The van der Waals surface area contributed by atoms with E-state index in [1.807, 2.05) is 12.1 Å². The molecule has 2 rings (SSSR count). The molecule has 0 aliphatic carbocycles. The van der Waals surface area contributed by atoms with Crippen molar-refractivity contribution in [2.75, 3.05) is 7.11 Å². The summed E-state index contributed by atoms with van der Waals surface area (Å²) in [5, 5.41) is 8.91. The van der Waals surface area contributed by atoms with Crippen LogP contribution in [0.3, 0.4) is 0 Å². The summed E-state index contributed by atoms with van der Waals surface area (Å²) in [5.74, 6) is -0.471. The summed E-state index contributed by atoms with van der Waals surface area (Å²) < 4.78 is 6.08. The molecule has 1 heterocycles. The molecule has 0 bridgehead atoms. The number of carboxylic acid groups (broad SMARTS) is 1. The van der Waals surface area contributed by atoms with Crippen LogP contribution in [0.4, 0.5) is 0 Å². The second-order valence-electron chi connectivity index (χ2n) is 3.44. The SMILES string of the molecule is COc1ccc(Br)cc1-c1cc(C(=O)O)ncn1. The molecular formula is C12H9BrN2O3. The Labute approximate surface area is 112 Å². The van der Waals surface area contributed by atoms with Crippen LogP contribution in [-0.2, 0) is 0 Å². The zero-order valence-corrected chi connectivity index (χ0v) is 11.0. The number of nitrogens with zero attached hydrogens (tertiary/aromatic N) is 2. The maximum Gasteiger partial charge on any atom is 0.354 e. The largest absolute Gasteiger partial charge is 0.496 e. The maximum atomic E-state index is 10.9. The number of carboxylic acids is 1. The number of hydrogen-bond donors (Lipinski definition) is 1. The molecule has 92 valence electrons. The first kappa shape index (κ1) is 12.5. The van der Waals surface area contributed by atoms with Gasteiger partial charge in [0.25, 0.3) is 0 Å². The smallest absolute Gasteiger partial charge is 0.354 e. The van der Waals surface area contributed by atoms with Crippen LogP contribution in [0.5, 0.6) is 5.75 Å². The molecule has 0 spiro atoms. The highest BCUT2D eigenvalue weighted by molar-refractivity contribution is 9.10. The molecule has 0 saturated carbocycles. The summed E-state index contributed by atoms with van der Waals surface area (Å²) in [6.45, 7) is 0. The maximum absolute atomic E-state index is 10.9. The molecule has 18 heavy (non-hydrogen) atoms. The van der Waals surface area contributed by atoms with Gasteiger partial charge in [-0.2, -0.15) is 0 Å². The number of ether oxygens (including phenoxy) is 1. The van der Waals surface area contributed by atoms with Crippen LogP contribution in [0.25, 0.3) is 11.3 Å². The van der Waals surface area contributed by atoms with Gasteiger partial charge in [-0.15, -0.1) is 0 Å². The minimum atomic E-state index is -1.09. The Bertz CT molecular complexity index is 602. The topological polar surface area (TPSA) is 72.3 Å². The van der Waals surface area contributed by atoms with E-state index in [1.54, 1.807) is 13.2 Å². The van der Waals surface area contributed by atoms with E-state index in [4.69, 9.17) is 9.84 Å². The van der Waals surface area contributed by atoms with Gasteiger partial charge in [0.15, 0.2) is 5.69 Å². The van der Waals surface area contributed by atoms with Crippen molar-refractivity contribution in [2.24, 2.45) is 0 Å². The zero-order valence-electron chi connectivity index (χ0n) is 9.42. The number of halogens is 1. The molecular weight excluding hydrogens is 300 g/mol. The van der Waals surface area contributed by atoms with E-state index in [9.17, 15) is 4.79 Å². The highest BCUT2D eigenvalue weighted by atomic mass is 79.9. The van der Waals surface area contributed by atoms with Crippen LogP contribution in [0.1, 0.15) is 10.5 Å². The van der Waals surface area contributed by atoms with Gasteiger partial charge >= 0.3 is 5.97 Å². The van der Waals surface area contributed by atoms with Gasteiger partial charge in [-0.1, -0.05) is 15.9 Å². The van der Waals surface area contributed by atoms with E-state index >= 15 is 0 Å². The second-order valence-corrected chi connectivity index (χ2v) is 4.35. The summed E-state index contributed by atoms with van der Waals surface area (Å²) in [6.07, 6.45) is 1.22. The minimum Gasteiger partial charge on any atom is -0.496 e. The van der Waals surface area contributed by atoms with Crippen molar-refractivity contribution in [3.8, 4) is 17.0 Å². The van der Waals surface area contributed by atoms with Crippen LogP contribution in [0.15, 0.2) is 35.1 Å². The lowest BCUT2D eigenvalue weighted by Gasteiger charge is -2.08. The lowest BCUT2D eigenvalue weighted by Crippen LogP contribution is -2.01. The van der Waals surface area contributed by atoms with Crippen LogP contribution in [-0.4, -0.2) is 28.2 Å². The molecule has 0 aliphatic rings. The van der Waals surface area contributed by atoms with E-state index in [0.29, 0.717) is 17.0 Å². The Balaban J connectivity index is 2.57. The average molecular weight is 309 g/mol. The molecule has 0 aliphatic heterocycles. The minimum absolute atomic E-state index is 0.0537. The highest BCUT2D eigenvalue weighted by Crippen LogP contribution is 2.31. The molecule has 6 heteroatoms. The van der Waals surface area contributed by atoms with Gasteiger partial charge < -0.3 is 9.84 Å². The zero-order chi connectivity index (χ0) is 13.1. The standard InChI is InChI=1S/C12H9BrN2O3/c1-18-11-3-2-7(13)4-8(11)9-5-10(12(16)17)15-6-14-9/h2-6H,1H3,(H,16,17). The van der Waals surface area contributed by atoms with Crippen molar-refractivity contribution in [3.63, 3.8) is 0 Å². The summed E-state index contributed by atoms with van der Waals surface area (Å²) >= 11 is 3.35. The normalized spacial score (nSPS) is 10.1. The van der Waals surface area contributed by atoms with E-state index in [1.165, 1.54) is 12.4 Å². The molecule has 1 N–H and O–H groups in total. The number of methoxy groups -OCH3 is 1. The number of aromatic carboxylic acids is 1. The first-order chi connectivity index (χ1) is 8.61. The van der Waals surface area contributed by atoms with Crippen LogP contribution >= 0.6 is 15.9 Å². The number of rotatable bonds is 3. The Kier molecular flexibility index (Phi) is 3.57. The van der Waals surface area contributed by atoms with Crippen LogP contribution in [0.2, 0.25) is 0 Å². The van der Waals surface area contributed by atoms with E-state index in [0.717, 1.165) is 4.47 Å². The molecule has 0 radical (unpaired) electrons. The Morgan fingerprint density at radius 2 is 2.11 bits per heavy atom. The predicted molar refractivity (Wildman–Crippen MR) is 68.7 cm³/mol. The van der Waals surface area contributed by atoms with Gasteiger partial charge in [-0.05, 0) is 24.3 Å². The van der Waals surface area contributed by atoms with Gasteiger partial charge in [0, 0.05) is 10.0 Å². The molecule has 5 nitrogen and oxygen atoms in total. The van der Waals surface area contributed by atoms with Crippen molar-refractivity contribution < 1.29 is 14.6 Å². The van der Waals surface area contributed by atoms with Gasteiger partial charge in [0.05, 0.1) is 12.8 Å². The summed E-state index contributed by atoms with van der Waals surface area (Å²) in [4.78, 5) is 18.6. The number of benzene rings is 1. The average Bonchev–Trinajstić information content (AvgIpc) is 2.39. The van der Waals surface area contributed by atoms with Crippen molar-refractivity contribution in [1.29, 1.82) is 0 Å². The Morgan fingerprint density at radius 3 is 2.78 bits per heavy atom. The van der Waals surface area contributed by atoms with Crippen molar-refractivity contribution in [2.45, 2.75) is 0 Å².